The summed E-state index contributed by atoms with van der Waals surface area (Å²) < 4.78 is 2.00. The van der Waals surface area contributed by atoms with Crippen LogP contribution < -0.4 is 16.0 Å². The van der Waals surface area contributed by atoms with E-state index >= 15 is 0 Å². The number of anilines is 2. The predicted octanol–water partition coefficient (Wildman–Crippen LogP) is 3.29. The molecule has 2 heterocycles. The molecule has 0 atom stereocenters. The predicted molar refractivity (Wildman–Crippen MR) is 112 cm³/mol. The summed E-state index contributed by atoms with van der Waals surface area (Å²) in [4.78, 5) is 26.7. The molecule has 2 amide bonds. The van der Waals surface area contributed by atoms with Crippen molar-refractivity contribution in [2.45, 2.75) is 26.3 Å². The van der Waals surface area contributed by atoms with Gasteiger partial charge in [0.2, 0.25) is 11.8 Å². The lowest BCUT2D eigenvalue weighted by atomic mass is 10.1. The summed E-state index contributed by atoms with van der Waals surface area (Å²) in [5.74, 6) is -0.637. The van der Waals surface area contributed by atoms with E-state index in [9.17, 15) is 9.59 Å². The van der Waals surface area contributed by atoms with Crippen LogP contribution in [-0.2, 0) is 11.3 Å². The van der Waals surface area contributed by atoms with Gasteiger partial charge in [-0.15, -0.1) is 0 Å². The molecule has 0 aliphatic carbocycles. The van der Waals surface area contributed by atoms with Gasteiger partial charge >= 0.3 is 0 Å². The normalized spacial score (nSPS) is 13.8. The van der Waals surface area contributed by atoms with Gasteiger partial charge in [-0.2, -0.15) is 0 Å². The summed E-state index contributed by atoms with van der Waals surface area (Å²) in [6.07, 6.45) is 2.25. The summed E-state index contributed by atoms with van der Waals surface area (Å²) in [5, 5.41) is 4.12. The highest BCUT2D eigenvalue weighted by atomic mass is 16.2. The van der Waals surface area contributed by atoms with Gasteiger partial charge in [-0.05, 0) is 55.5 Å². The van der Waals surface area contributed by atoms with E-state index in [1.807, 2.05) is 41.8 Å². The number of para-hydroxylation sites is 1. The number of aryl methyl sites for hydroxylation is 1. The Morgan fingerprint density at radius 3 is 2.57 bits per heavy atom. The van der Waals surface area contributed by atoms with Crippen LogP contribution in [-0.4, -0.2) is 29.5 Å². The second-order valence-electron chi connectivity index (χ2n) is 7.27. The average molecular weight is 376 g/mol. The minimum absolute atomic E-state index is 0.133. The first-order valence-electron chi connectivity index (χ1n) is 9.56. The van der Waals surface area contributed by atoms with Crippen molar-refractivity contribution in [2.75, 3.05) is 23.3 Å². The van der Waals surface area contributed by atoms with Crippen molar-refractivity contribution in [1.82, 2.24) is 4.57 Å². The highest BCUT2D eigenvalue weighted by Gasteiger charge is 2.19. The Morgan fingerprint density at radius 1 is 1.07 bits per heavy atom. The molecule has 28 heavy (non-hydrogen) atoms. The number of nitrogens with two attached hydrogens (primary N) is 1. The number of carbonyl (C=O) groups is 2. The number of nitrogens with zero attached hydrogens (tertiary/aromatic N) is 2. The van der Waals surface area contributed by atoms with Crippen molar-refractivity contribution in [2.24, 2.45) is 5.73 Å². The van der Waals surface area contributed by atoms with E-state index in [1.54, 1.807) is 12.1 Å². The lowest BCUT2D eigenvalue weighted by Crippen LogP contribution is -2.24. The lowest BCUT2D eigenvalue weighted by Gasteiger charge is -2.22. The number of benzene rings is 2. The number of carbonyl (C=O) groups excluding carboxylic acids is 2. The molecule has 6 nitrogen and oxygen atoms in total. The largest absolute Gasteiger partial charge is 0.370 e. The number of amides is 2. The molecule has 1 aliphatic heterocycles. The van der Waals surface area contributed by atoms with Gasteiger partial charge in [0.1, 0.15) is 6.54 Å². The van der Waals surface area contributed by atoms with Crippen LogP contribution in [0.4, 0.5) is 11.4 Å². The Bertz CT molecular complexity index is 1050. The number of fused-ring (bicyclic) bond motifs is 1. The molecule has 1 fully saturated rings. The number of aromatic nitrogens is 1. The van der Waals surface area contributed by atoms with Gasteiger partial charge in [0.15, 0.2) is 0 Å². The second-order valence-corrected chi connectivity index (χ2v) is 7.27. The number of primary amides is 1. The fraction of sp³-hybridized carbons (Fsp3) is 0.273. The maximum atomic E-state index is 12.9. The SMILES string of the molecule is Cc1cc2ccccc2n1CC(=O)Nc1cc(C(N)=O)ccc1N1CCCC1. The molecule has 0 spiro atoms. The molecule has 6 heteroatoms. The fourth-order valence-electron chi connectivity index (χ4n) is 3.91. The minimum Gasteiger partial charge on any atom is -0.370 e. The van der Waals surface area contributed by atoms with Gasteiger partial charge in [0.25, 0.3) is 0 Å². The number of nitrogens with one attached hydrogen (secondary N) is 1. The van der Waals surface area contributed by atoms with E-state index in [1.165, 1.54) is 0 Å². The van der Waals surface area contributed by atoms with Crippen LogP contribution in [0.5, 0.6) is 0 Å². The van der Waals surface area contributed by atoms with Crippen molar-refractivity contribution in [3.05, 3.63) is 59.8 Å². The van der Waals surface area contributed by atoms with E-state index in [-0.39, 0.29) is 12.5 Å². The van der Waals surface area contributed by atoms with Crippen LogP contribution >= 0.6 is 0 Å². The Morgan fingerprint density at radius 2 is 1.82 bits per heavy atom. The van der Waals surface area contributed by atoms with Gasteiger partial charge in [0, 0.05) is 29.9 Å². The van der Waals surface area contributed by atoms with Crippen LogP contribution in [0.3, 0.4) is 0 Å². The quantitative estimate of drug-likeness (QED) is 0.717. The van der Waals surface area contributed by atoms with Gasteiger partial charge in [0.05, 0.1) is 11.4 Å². The second kappa shape index (κ2) is 7.38. The van der Waals surface area contributed by atoms with Crippen LogP contribution in [0.15, 0.2) is 48.5 Å². The van der Waals surface area contributed by atoms with Crippen molar-refractivity contribution in [3.8, 4) is 0 Å². The monoisotopic (exact) mass is 376 g/mol. The Labute approximate surface area is 163 Å². The summed E-state index contributed by atoms with van der Waals surface area (Å²) in [6, 6.07) is 15.4. The molecular weight excluding hydrogens is 352 g/mol. The molecule has 0 unspecified atom stereocenters. The number of rotatable bonds is 5. The number of hydrogen-bond donors (Lipinski definition) is 2. The van der Waals surface area contributed by atoms with Gasteiger partial charge < -0.3 is 20.5 Å². The van der Waals surface area contributed by atoms with E-state index in [4.69, 9.17) is 5.73 Å². The molecule has 0 radical (unpaired) electrons. The molecule has 1 aliphatic rings. The molecule has 1 saturated heterocycles. The average Bonchev–Trinajstić information content (AvgIpc) is 3.30. The first-order valence-corrected chi connectivity index (χ1v) is 9.56. The van der Waals surface area contributed by atoms with Crippen molar-refractivity contribution in [3.63, 3.8) is 0 Å². The van der Waals surface area contributed by atoms with Crippen molar-refractivity contribution in [1.29, 1.82) is 0 Å². The zero-order valence-electron chi connectivity index (χ0n) is 15.9. The van der Waals surface area contributed by atoms with Crippen LogP contribution in [0.25, 0.3) is 10.9 Å². The van der Waals surface area contributed by atoms with E-state index < -0.39 is 5.91 Å². The first-order chi connectivity index (χ1) is 13.5. The molecule has 3 N–H and O–H groups in total. The zero-order valence-corrected chi connectivity index (χ0v) is 15.9. The summed E-state index contributed by atoms with van der Waals surface area (Å²) in [5.41, 5.74) is 9.46. The van der Waals surface area contributed by atoms with E-state index in [0.717, 1.165) is 48.2 Å². The van der Waals surface area contributed by atoms with Crippen LogP contribution in [0.2, 0.25) is 0 Å². The van der Waals surface area contributed by atoms with Crippen LogP contribution in [0, 0.1) is 6.92 Å². The van der Waals surface area contributed by atoms with Crippen LogP contribution in [0.1, 0.15) is 28.9 Å². The summed E-state index contributed by atoms with van der Waals surface area (Å²) >= 11 is 0. The maximum Gasteiger partial charge on any atom is 0.248 e. The first kappa shape index (κ1) is 18.1. The molecule has 2 aromatic carbocycles. The molecular formula is C22H24N4O2. The van der Waals surface area contributed by atoms with Crippen molar-refractivity contribution < 1.29 is 9.59 Å². The third kappa shape index (κ3) is 3.45. The third-order valence-corrected chi connectivity index (χ3v) is 5.32. The Balaban J connectivity index is 1.62. The third-order valence-electron chi connectivity index (χ3n) is 5.32. The van der Waals surface area contributed by atoms with Gasteiger partial charge in [-0.25, -0.2) is 0 Å². The van der Waals surface area contributed by atoms with Gasteiger partial charge in [-0.1, -0.05) is 18.2 Å². The standard InChI is InChI=1S/C22H24N4O2/c1-15-12-16-6-2-3-7-19(16)26(15)14-21(27)24-18-13-17(22(23)28)8-9-20(18)25-10-4-5-11-25/h2-3,6-9,12-13H,4-5,10-11,14H2,1H3,(H2,23,28)(H,24,27). The topological polar surface area (TPSA) is 80.4 Å². The minimum atomic E-state index is -0.504. The molecule has 0 bridgehead atoms. The highest BCUT2D eigenvalue weighted by molar-refractivity contribution is 5.99. The molecule has 3 aromatic rings. The molecule has 144 valence electrons. The molecule has 0 saturated carbocycles. The zero-order chi connectivity index (χ0) is 19.7. The van der Waals surface area contributed by atoms with E-state index in [2.05, 4.69) is 16.3 Å². The summed E-state index contributed by atoms with van der Waals surface area (Å²) in [7, 11) is 0. The van der Waals surface area contributed by atoms with Gasteiger partial charge in [-0.3, -0.25) is 9.59 Å². The highest BCUT2D eigenvalue weighted by Crippen LogP contribution is 2.30. The molecule has 1 aromatic heterocycles. The van der Waals surface area contributed by atoms with E-state index in [0.29, 0.717) is 11.3 Å². The number of hydrogen-bond acceptors (Lipinski definition) is 3. The summed E-state index contributed by atoms with van der Waals surface area (Å²) in [6.45, 7) is 4.09. The maximum absolute atomic E-state index is 12.9. The van der Waals surface area contributed by atoms with Crippen molar-refractivity contribution >= 4 is 34.1 Å². The Kier molecular flexibility index (Phi) is 4.77. The Hall–Kier alpha value is -3.28. The molecule has 4 rings (SSSR count). The fourth-order valence-corrected chi connectivity index (χ4v) is 3.91. The smallest absolute Gasteiger partial charge is 0.248 e. The lowest BCUT2D eigenvalue weighted by molar-refractivity contribution is -0.116.